The first kappa shape index (κ1) is 11.6. The van der Waals surface area contributed by atoms with Crippen LogP contribution in [-0.2, 0) is 0 Å². The van der Waals surface area contributed by atoms with Crippen molar-refractivity contribution in [2.75, 3.05) is 33.7 Å². The van der Waals surface area contributed by atoms with Crippen molar-refractivity contribution in [1.29, 1.82) is 0 Å². The number of likely N-dealkylation sites (tertiary alicyclic amines) is 1. The third kappa shape index (κ3) is 2.80. The number of likely N-dealkylation sites (N-methyl/N-ethyl adjacent to an activating group) is 1. The summed E-state index contributed by atoms with van der Waals surface area (Å²) < 4.78 is 0. The summed E-state index contributed by atoms with van der Waals surface area (Å²) in [5.41, 5.74) is 1.37. The Hall–Kier alpha value is -0.930. The highest BCUT2D eigenvalue weighted by Gasteiger charge is 2.25. The number of nitrogens with zero attached hydrogens (tertiary/aromatic N) is 3. The molecule has 2 rings (SSSR count). The highest BCUT2D eigenvalue weighted by molar-refractivity contribution is 5.15. The van der Waals surface area contributed by atoms with E-state index in [-0.39, 0.29) is 0 Å². The molecule has 1 aliphatic heterocycles. The van der Waals surface area contributed by atoms with Crippen LogP contribution in [0.4, 0.5) is 0 Å². The predicted molar refractivity (Wildman–Crippen MR) is 66.3 cm³/mol. The summed E-state index contributed by atoms with van der Waals surface area (Å²) in [4.78, 5) is 9.05. The summed E-state index contributed by atoms with van der Waals surface area (Å²) in [6.45, 7) is 3.52. The SMILES string of the molecule is CN(C)CCN1CCC[C@@H]1c1cccnc1. The van der Waals surface area contributed by atoms with E-state index in [4.69, 9.17) is 0 Å². The Morgan fingerprint density at radius 2 is 2.38 bits per heavy atom. The molecule has 0 amide bonds. The van der Waals surface area contributed by atoms with Gasteiger partial charge in [-0.05, 0) is 45.1 Å². The van der Waals surface area contributed by atoms with Gasteiger partial charge in [0.05, 0.1) is 0 Å². The Labute approximate surface area is 98.1 Å². The van der Waals surface area contributed by atoms with Gasteiger partial charge in [0, 0.05) is 31.5 Å². The van der Waals surface area contributed by atoms with Crippen LogP contribution >= 0.6 is 0 Å². The first-order chi connectivity index (χ1) is 7.77. The molecular formula is C13H21N3. The lowest BCUT2D eigenvalue weighted by Crippen LogP contribution is -2.31. The smallest absolute Gasteiger partial charge is 0.0364 e. The van der Waals surface area contributed by atoms with E-state index in [1.807, 2.05) is 18.5 Å². The zero-order chi connectivity index (χ0) is 11.4. The van der Waals surface area contributed by atoms with E-state index < -0.39 is 0 Å². The maximum Gasteiger partial charge on any atom is 0.0364 e. The summed E-state index contributed by atoms with van der Waals surface area (Å²) in [6, 6.07) is 4.83. The lowest BCUT2D eigenvalue weighted by molar-refractivity contribution is 0.227. The molecule has 0 unspecified atom stereocenters. The van der Waals surface area contributed by atoms with Crippen molar-refractivity contribution in [3.8, 4) is 0 Å². The van der Waals surface area contributed by atoms with Crippen LogP contribution in [0.5, 0.6) is 0 Å². The fourth-order valence-electron chi connectivity index (χ4n) is 2.37. The maximum absolute atomic E-state index is 4.22. The average molecular weight is 219 g/mol. The van der Waals surface area contributed by atoms with Gasteiger partial charge in [-0.1, -0.05) is 6.07 Å². The van der Waals surface area contributed by atoms with Gasteiger partial charge in [-0.3, -0.25) is 9.88 Å². The molecule has 16 heavy (non-hydrogen) atoms. The molecule has 1 aromatic rings. The molecule has 0 spiro atoms. The number of pyridine rings is 1. The number of rotatable bonds is 4. The molecule has 0 bridgehead atoms. The molecule has 0 aliphatic carbocycles. The van der Waals surface area contributed by atoms with Gasteiger partial charge in [-0.25, -0.2) is 0 Å². The fourth-order valence-corrected chi connectivity index (χ4v) is 2.37. The topological polar surface area (TPSA) is 19.4 Å². The Balaban J connectivity index is 1.98. The second-order valence-electron chi connectivity index (χ2n) is 4.78. The average Bonchev–Trinajstić information content (AvgIpc) is 2.75. The van der Waals surface area contributed by atoms with Crippen LogP contribution in [0, 0.1) is 0 Å². The second-order valence-corrected chi connectivity index (χ2v) is 4.78. The molecule has 1 aromatic heterocycles. The minimum Gasteiger partial charge on any atom is -0.308 e. The van der Waals surface area contributed by atoms with E-state index >= 15 is 0 Å². The van der Waals surface area contributed by atoms with E-state index in [0.717, 1.165) is 13.1 Å². The third-order valence-corrected chi connectivity index (χ3v) is 3.27. The number of hydrogen-bond donors (Lipinski definition) is 0. The van der Waals surface area contributed by atoms with Gasteiger partial charge >= 0.3 is 0 Å². The van der Waals surface area contributed by atoms with Gasteiger partial charge < -0.3 is 4.90 Å². The molecule has 1 aliphatic rings. The second kappa shape index (κ2) is 5.41. The maximum atomic E-state index is 4.22. The van der Waals surface area contributed by atoms with Crippen LogP contribution in [0.3, 0.4) is 0 Å². The normalized spacial score (nSPS) is 21.8. The molecular weight excluding hydrogens is 198 g/mol. The minimum atomic E-state index is 0.591. The third-order valence-electron chi connectivity index (χ3n) is 3.27. The molecule has 2 heterocycles. The first-order valence-corrected chi connectivity index (χ1v) is 6.06. The van der Waals surface area contributed by atoms with Gasteiger partial charge in [-0.15, -0.1) is 0 Å². The molecule has 88 valence electrons. The summed E-state index contributed by atoms with van der Waals surface area (Å²) >= 11 is 0. The zero-order valence-electron chi connectivity index (χ0n) is 10.3. The number of aromatic nitrogens is 1. The van der Waals surface area contributed by atoms with Crippen molar-refractivity contribution in [2.45, 2.75) is 18.9 Å². The molecule has 3 heteroatoms. The summed E-state index contributed by atoms with van der Waals surface area (Å²) in [5.74, 6) is 0. The molecule has 1 fully saturated rings. The molecule has 1 atom stereocenters. The molecule has 0 saturated carbocycles. The highest BCUT2D eigenvalue weighted by Crippen LogP contribution is 2.30. The monoisotopic (exact) mass is 219 g/mol. The van der Waals surface area contributed by atoms with Gasteiger partial charge in [0.2, 0.25) is 0 Å². The van der Waals surface area contributed by atoms with Gasteiger partial charge in [-0.2, -0.15) is 0 Å². The van der Waals surface area contributed by atoms with E-state index in [0.29, 0.717) is 6.04 Å². The molecule has 3 nitrogen and oxygen atoms in total. The largest absolute Gasteiger partial charge is 0.308 e. The van der Waals surface area contributed by atoms with Crippen LogP contribution in [0.25, 0.3) is 0 Å². The lowest BCUT2D eigenvalue weighted by atomic mass is 10.1. The zero-order valence-corrected chi connectivity index (χ0v) is 10.3. The lowest BCUT2D eigenvalue weighted by Gasteiger charge is -2.25. The molecule has 1 saturated heterocycles. The molecule has 0 radical (unpaired) electrons. The van der Waals surface area contributed by atoms with E-state index in [1.54, 1.807) is 0 Å². The Morgan fingerprint density at radius 3 is 3.06 bits per heavy atom. The van der Waals surface area contributed by atoms with Crippen LogP contribution in [0.15, 0.2) is 24.5 Å². The van der Waals surface area contributed by atoms with Crippen LogP contribution in [0.2, 0.25) is 0 Å². The summed E-state index contributed by atoms with van der Waals surface area (Å²) in [7, 11) is 4.27. The first-order valence-electron chi connectivity index (χ1n) is 6.06. The minimum absolute atomic E-state index is 0.591. The highest BCUT2D eigenvalue weighted by atomic mass is 15.2. The Kier molecular flexibility index (Phi) is 3.91. The van der Waals surface area contributed by atoms with Crippen molar-refractivity contribution in [3.05, 3.63) is 30.1 Å². The Bertz CT molecular complexity index is 310. The van der Waals surface area contributed by atoms with Gasteiger partial charge in [0.1, 0.15) is 0 Å². The van der Waals surface area contributed by atoms with Gasteiger partial charge in [0.25, 0.3) is 0 Å². The van der Waals surface area contributed by atoms with Crippen molar-refractivity contribution < 1.29 is 0 Å². The Morgan fingerprint density at radius 1 is 1.50 bits per heavy atom. The van der Waals surface area contributed by atoms with Crippen molar-refractivity contribution in [1.82, 2.24) is 14.8 Å². The quantitative estimate of drug-likeness (QED) is 0.769. The van der Waals surface area contributed by atoms with E-state index in [2.05, 4.69) is 34.9 Å². The van der Waals surface area contributed by atoms with E-state index in [1.165, 1.54) is 24.9 Å². The van der Waals surface area contributed by atoms with Gasteiger partial charge in [0.15, 0.2) is 0 Å². The van der Waals surface area contributed by atoms with Crippen LogP contribution in [0.1, 0.15) is 24.4 Å². The number of hydrogen-bond acceptors (Lipinski definition) is 3. The van der Waals surface area contributed by atoms with Crippen LogP contribution in [-0.4, -0.2) is 48.5 Å². The fraction of sp³-hybridized carbons (Fsp3) is 0.615. The van der Waals surface area contributed by atoms with Crippen molar-refractivity contribution in [3.63, 3.8) is 0 Å². The van der Waals surface area contributed by atoms with Crippen LogP contribution < -0.4 is 0 Å². The predicted octanol–water partition coefficient (Wildman–Crippen LogP) is 1.78. The molecule has 0 aromatic carbocycles. The summed E-state index contributed by atoms with van der Waals surface area (Å²) in [6.07, 6.45) is 6.45. The van der Waals surface area contributed by atoms with E-state index in [9.17, 15) is 0 Å². The van der Waals surface area contributed by atoms with Crippen molar-refractivity contribution in [2.24, 2.45) is 0 Å². The molecule has 0 N–H and O–H groups in total. The summed E-state index contributed by atoms with van der Waals surface area (Å²) in [5, 5.41) is 0. The van der Waals surface area contributed by atoms with Crippen molar-refractivity contribution >= 4 is 0 Å². The standard InChI is InChI=1S/C13H21N3/c1-15(2)9-10-16-8-4-6-13(16)12-5-3-7-14-11-12/h3,5,7,11,13H,4,6,8-10H2,1-2H3/t13-/m1/s1.